The van der Waals surface area contributed by atoms with Gasteiger partial charge in [0, 0.05) is 30.4 Å². The van der Waals surface area contributed by atoms with E-state index in [2.05, 4.69) is 20.6 Å². The predicted molar refractivity (Wildman–Crippen MR) is 82.8 cm³/mol. The molecule has 7 heteroatoms. The molecule has 1 aliphatic rings. The number of anilines is 2. The van der Waals surface area contributed by atoms with Crippen molar-refractivity contribution in [2.45, 2.75) is 13.1 Å². The molecular weight excluding hydrogens is 290 g/mol. The average molecular weight is 306 g/mol. The molecule has 2 N–H and O–H groups in total. The molecule has 2 amide bonds. The lowest BCUT2D eigenvalue weighted by atomic mass is 10.2. The minimum absolute atomic E-state index is 0.267. The van der Waals surface area contributed by atoms with E-state index in [1.807, 2.05) is 35.0 Å². The van der Waals surface area contributed by atoms with Crippen molar-refractivity contribution in [2.24, 2.45) is 0 Å². The van der Waals surface area contributed by atoms with Crippen molar-refractivity contribution in [1.82, 2.24) is 15.1 Å². The van der Waals surface area contributed by atoms with Crippen LogP contribution >= 0.6 is 11.6 Å². The summed E-state index contributed by atoms with van der Waals surface area (Å²) in [5.41, 5.74) is 2.16. The Morgan fingerprint density at radius 3 is 2.95 bits per heavy atom. The third kappa shape index (κ3) is 2.95. The van der Waals surface area contributed by atoms with Crippen molar-refractivity contribution in [3.63, 3.8) is 0 Å². The maximum absolute atomic E-state index is 11.3. The Kier molecular flexibility index (Phi) is 3.70. The number of carbonyl (C=O) groups is 1. The van der Waals surface area contributed by atoms with Crippen molar-refractivity contribution in [1.29, 1.82) is 0 Å². The largest absolute Gasteiger partial charge is 0.364 e. The van der Waals surface area contributed by atoms with Gasteiger partial charge in [0.2, 0.25) is 0 Å². The molecule has 3 rings (SSSR count). The SMILES string of the molecule is CNC(=O)Nc1cc2n(n1)CCN(c1cccc(Cl)c1)C2. The van der Waals surface area contributed by atoms with Crippen LogP contribution in [0.25, 0.3) is 0 Å². The number of hydrogen-bond donors (Lipinski definition) is 2. The zero-order valence-electron chi connectivity index (χ0n) is 11.6. The lowest BCUT2D eigenvalue weighted by Crippen LogP contribution is -2.33. The molecule has 0 aliphatic carbocycles. The number of urea groups is 1. The summed E-state index contributed by atoms with van der Waals surface area (Å²) in [6.07, 6.45) is 0. The molecule has 0 saturated heterocycles. The van der Waals surface area contributed by atoms with E-state index in [1.54, 1.807) is 7.05 Å². The number of aromatic nitrogens is 2. The fraction of sp³-hybridized carbons (Fsp3) is 0.286. The van der Waals surface area contributed by atoms with E-state index in [9.17, 15) is 4.79 Å². The van der Waals surface area contributed by atoms with Crippen LogP contribution in [0.3, 0.4) is 0 Å². The Labute approximate surface area is 127 Å². The molecule has 110 valence electrons. The number of rotatable bonds is 2. The Balaban J connectivity index is 1.77. The van der Waals surface area contributed by atoms with E-state index < -0.39 is 0 Å². The molecule has 2 aromatic rings. The van der Waals surface area contributed by atoms with Crippen LogP contribution in [0, 0.1) is 0 Å². The molecule has 0 saturated carbocycles. The van der Waals surface area contributed by atoms with Crippen LogP contribution in [0.4, 0.5) is 16.3 Å². The van der Waals surface area contributed by atoms with Crippen molar-refractivity contribution in [3.05, 3.63) is 41.0 Å². The zero-order valence-corrected chi connectivity index (χ0v) is 12.4. The Morgan fingerprint density at radius 1 is 1.33 bits per heavy atom. The number of halogens is 1. The highest BCUT2D eigenvalue weighted by Gasteiger charge is 2.19. The molecule has 21 heavy (non-hydrogen) atoms. The van der Waals surface area contributed by atoms with Gasteiger partial charge in [0.15, 0.2) is 5.82 Å². The zero-order chi connectivity index (χ0) is 14.8. The number of carbonyl (C=O) groups excluding carboxylic acids is 1. The summed E-state index contributed by atoms with van der Waals surface area (Å²) >= 11 is 6.04. The number of fused-ring (bicyclic) bond motifs is 1. The van der Waals surface area contributed by atoms with Crippen LogP contribution < -0.4 is 15.5 Å². The van der Waals surface area contributed by atoms with E-state index >= 15 is 0 Å². The van der Waals surface area contributed by atoms with Gasteiger partial charge in [-0.2, -0.15) is 5.10 Å². The van der Waals surface area contributed by atoms with Crippen LogP contribution in [-0.2, 0) is 13.1 Å². The van der Waals surface area contributed by atoms with Gasteiger partial charge in [-0.1, -0.05) is 17.7 Å². The monoisotopic (exact) mass is 305 g/mol. The van der Waals surface area contributed by atoms with Gasteiger partial charge in [-0.25, -0.2) is 4.79 Å². The summed E-state index contributed by atoms with van der Waals surface area (Å²) in [6, 6.07) is 9.44. The summed E-state index contributed by atoms with van der Waals surface area (Å²) in [5.74, 6) is 0.567. The fourth-order valence-corrected chi connectivity index (χ4v) is 2.58. The number of hydrogen-bond acceptors (Lipinski definition) is 3. The maximum Gasteiger partial charge on any atom is 0.320 e. The summed E-state index contributed by atoms with van der Waals surface area (Å²) in [7, 11) is 1.58. The molecule has 1 aromatic carbocycles. The first-order valence-corrected chi connectivity index (χ1v) is 7.09. The minimum atomic E-state index is -0.267. The quantitative estimate of drug-likeness (QED) is 0.895. The first-order valence-electron chi connectivity index (χ1n) is 6.71. The summed E-state index contributed by atoms with van der Waals surface area (Å²) in [6.45, 7) is 2.37. The van der Waals surface area contributed by atoms with Crippen LogP contribution in [0.1, 0.15) is 5.69 Å². The van der Waals surface area contributed by atoms with Crippen molar-refractivity contribution >= 4 is 29.1 Å². The van der Waals surface area contributed by atoms with E-state index in [0.29, 0.717) is 5.82 Å². The summed E-state index contributed by atoms with van der Waals surface area (Å²) in [5, 5.41) is 10.3. The van der Waals surface area contributed by atoms with Gasteiger partial charge in [-0.3, -0.25) is 10.00 Å². The Bertz CT molecular complexity index is 669. The molecule has 0 radical (unpaired) electrons. The van der Waals surface area contributed by atoms with E-state index in [1.165, 1.54) is 0 Å². The average Bonchev–Trinajstić information content (AvgIpc) is 2.88. The molecule has 0 fully saturated rings. The van der Waals surface area contributed by atoms with Gasteiger partial charge >= 0.3 is 6.03 Å². The normalized spacial score (nSPS) is 13.7. The summed E-state index contributed by atoms with van der Waals surface area (Å²) in [4.78, 5) is 13.6. The highest BCUT2D eigenvalue weighted by molar-refractivity contribution is 6.30. The van der Waals surface area contributed by atoms with Crippen LogP contribution in [0.15, 0.2) is 30.3 Å². The molecule has 0 atom stereocenters. The Morgan fingerprint density at radius 2 is 2.19 bits per heavy atom. The number of nitrogens with one attached hydrogen (secondary N) is 2. The second-order valence-electron chi connectivity index (χ2n) is 4.85. The first kappa shape index (κ1) is 13.8. The molecule has 6 nitrogen and oxygen atoms in total. The van der Waals surface area contributed by atoms with E-state index in [-0.39, 0.29) is 6.03 Å². The molecule has 1 aliphatic heterocycles. The van der Waals surface area contributed by atoms with E-state index in [0.717, 1.165) is 36.0 Å². The molecule has 0 spiro atoms. The third-order valence-corrected chi connectivity index (χ3v) is 3.68. The second kappa shape index (κ2) is 5.65. The summed E-state index contributed by atoms with van der Waals surface area (Å²) < 4.78 is 1.92. The number of nitrogens with zero attached hydrogens (tertiary/aromatic N) is 3. The number of benzene rings is 1. The second-order valence-corrected chi connectivity index (χ2v) is 5.29. The fourth-order valence-electron chi connectivity index (χ4n) is 2.40. The van der Waals surface area contributed by atoms with Crippen LogP contribution in [0.5, 0.6) is 0 Å². The standard InChI is InChI=1S/C14H16ClN5O/c1-16-14(21)17-13-8-12-9-19(5-6-20(12)18-13)11-4-2-3-10(15)7-11/h2-4,7-8H,5-6,9H2,1H3,(H2,16,17,18,21). The third-order valence-electron chi connectivity index (χ3n) is 3.44. The topological polar surface area (TPSA) is 62.2 Å². The highest BCUT2D eigenvalue weighted by Crippen LogP contribution is 2.24. The molecule has 0 unspecified atom stereocenters. The van der Waals surface area contributed by atoms with Gasteiger partial charge in [0.05, 0.1) is 18.8 Å². The van der Waals surface area contributed by atoms with Crippen LogP contribution in [-0.4, -0.2) is 29.4 Å². The van der Waals surface area contributed by atoms with Gasteiger partial charge in [-0.15, -0.1) is 0 Å². The van der Waals surface area contributed by atoms with Crippen molar-refractivity contribution in [2.75, 3.05) is 23.8 Å². The molecular formula is C14H16ClN5O. The highest BCUT2D eigenvalue weighted by atomic mass is 35.5. The van der Waals surface area contributed by atoms with Crippen molar-refractivity contribution in [3.8, 4) is 0 Å². The van der Waals surface area contributed by atoms with E-state index in [4.69, 9.17) is 11.6 Å². The molecule has 0 bridgehead atoms. The number of amides is 2. The van der Waals surface area contributed by atoms with Gasteiger partial charge < -0.3 is 10.2 Å². The van der Waals surface area contributed by atoms with Gasteiger partial charge in [0.25, 0.3) is 0 Å². The molecule has 2 heterocycles. The minimum Gasteiger partial charge on any atom is -0.364 e. The lowest BCUT2D eigenvalue weighted by molar-refractivity contribution is 0.254. The molecule has 1 aromatic heterocycles. The van der Waals surface area contributed by atoms with Crippen molar-refractivity contribution < 1.29 is 4.79 Å². The van der Waals surface area contributed by atoms with Gasteiger partial charge in [0.1, 0.15) is 0 Å². The smallest absolute Gasteiger partial charge is 0.320 e. The predicted octanol–water partition coefficient (Wildman–Crippen LogP) is 2.31. The van der Waals surface area contributed by atoms with Crippen LogP contribution in [0.2, 0.25) is 5.02 Å². The van der Waals surface area contributed by atoms with Gasteiger partial charge in [-0.05, 0) is 18.2 Å². The maximum atomic E-state index is 11.3. The Hall–Kier alpha value is -2.21. The lowest BCUT2D eigenvalue weighted by Gasteiger charge is -2.29. The first-order chi connectivity index (χ1) is 10.2.